The Morgan fingerprint density at radius 3 is 2.47 bits per heavy atom. The molecule has 108 valence electrons. The summed E-state index contributed by atoms with van der Waals surface area (Å²) in [6.45, 7) is 10.1. The van der Waals surface area contributed by atoms with E-state index in [-0.39, 0.29) is 5.41 Å². The van der Waals surface area contributed by atoms with E-state index in [0.29, 0.717) is 24.2 Å². The van der Waals surface area contributed by atoms with E-state index < -0.39 is 0 Å². The fourth-order valence-corrected chi connectivity index (χ4v) is 1.38. The van der Waals surface area contributed by atoms with Crippen molar-refractivity contribution in [2.75, 3.05) is 24.4 Å². The van der Waals surface area contributed by atoms with Gasteiger partial charge in [0.15, 0.2) is 5.82 Å². The van der Waals surface area contributed by atoms with E-state index in [2.05, 4.69) is 48.4 Å². The third-order valence-corrected chi connectivity index (χ3v) is 3.48. The molecule has 0 aromatic carbocycles. The summed E-state index contributed by atoms with van der Waals surface area (Å²) in [5.41, 5.74) is 2.72. The largest absolute Gasteiger partial charge is 0.377 e. The van der Waals surface area contributed by atoms with E-state index in [1.165, 1.54) is 0 Å². The number of hydrogen-bond acceptors (Lipinski definition) is 6. The molecule has 0 aliphatic rings. The van der Waals surface area contributed by atoms with E-state index in [1.54, 1.807) is 13.2 Å². The first-order valence-electron chi connectivity index (χ1n) is 6.46. The summed E-state index contributed by atoms with van der Waals surface area (Å²) >= 11 is 0. The van der Waals surface area contributed by atoms with Crippen molar-refractivity contribution in [1.82, 2.24) is 9.97 Å². The number of anilines is 2. The highest BCUT2D eigenvalue weighted by molar-refractivity contribution is 5.46. The van der Waals surface area contributed by atoms with Crippen molar-refractivity contribution in [3.8, 4) is 0 Å². The summed E-state index contributed by atoms with van der Waals surface area (Å²) < 4.78 is 5.04. The highest BCUT2D eigenvalue weighted by atomic mass is 16.5. The molecule has 0 saturated heterocycles. The highest BCUT2D eigenvalue weighted by Gasteiger charge is 2.22. The van der Waals surface area contributed by atoms with Crippen LogP contribution in [0.3, 0.4) is 0 Å². The predicted octanol–water partition coefficient (Wildman–Crippen LogP) is 2.00. The second kappa shape index (κ2) is 6.68. The standard InChI is InChI=1S/C13H25N5O/c1-9(2)13(3,4)8-15-10-6-11(18-14)17-12(16-10)7-19-5/h6,9H,7-8,14H2,1-5H3,(H2,15,16,17,18). The van der Waals surface area contributed by atoms with Crippen LogP contribution in [-0.2, 0) is 11.3 Å². The maximum atomic E-state index is 5.41. The number of nitrogens with zero attached hydrogens (tertiary/aromatic N) is 2. The van der Waals surface area contributed by atoms with Gasteiger partial charge in [0.05, 0.1) is 0 Å². The van der Waals surface area contributed by atoms with Gasteiger partial charge in [-0.2, -0.15) is 0 Å². The van der Waals surface area contributed by atoms with E-state index >= 15 is 0 Å². The van der Waals surface area contributed by atoms with Crippen LogP contribution in [0.15, 0.2) is 6.07 Å². The van der Waals surface area contributed by atoms with Gasteiger partial charge in [-0.1, -0.05) is 27.7 Å². The molecular weight excluding hydrogens is 242 g/mol. The van der Waals surface area contributed by atoms with Gasteiger partial charge in [-0.25, -0.2) is 15.8 Å². The fraction of sp³-hybridized carbons (Fsp3) is 0.692. The van der Waals surface area contributed by atoms with Crippen LogP contribution in [0.5, 0.6) is 0 Å². The molecule has 19 heavy (non-hydrogen) atoms. The molecule has 0 spiro atoms. The maximum Gasteiger partial charge on any atom is 0.158 e. The molecule has 6 nitrogen and oxygen atoms in total. The molecule has 0 aliphatic carbocycles. The number of hydrogen-bond donors (Lipinski definition) is 3. The minimum Gasteiger partial charge on any atom is -0.377 e. The van der Waals surface area contributed by atoms with Crippen LogP contribution >= 0.6 is 0 Å². The first kappa shape index (κ1) is 15.7. The Morgan fingerprint density at radius 2 is 1.95 bits per heavy atom. The molecule has 1 rings (SSSR count). The molecule has 0 unspecified atom stereocenters. The Balaban J connectivity index is 2.80. The summed E-state index contributed by atoms with van der Waals surface area (Å²) in [5.74, 6) is 7.91. The van der Waals surface area contributed by atoms with Crippen molar-refractivity contribution in [3.63, 3.8) is 0 Å². The van der Waals surface area contributed by atoms with Crippen molar-refractivity contribution < 1.29 is 4.74 Å². The monoisotopic (exact) mass is 267 g/mol. The average Bonchev–Trinajstić information content (AvgIpc) is 2.36. The Labute approximate surface area is 115 Å². The van der Waals surface area contributed by atoms with Gasteiger partial charge in [-0.05, 0) is 11.3 Å². The third kappa shape index (κ3) is 4.65. The normalized spacial score (nSPS) is 11.7. The van der Waals surface area contributed by atoms with Gasteiger partial charge in [-0.15, -0.1) is 0 Å². The lowest BCUT2D eigenvalue weighted by molar-refractivity contribution is 0.178. The molecule has 1 aromatic rings. The molecule has 0 amide bonds. The van der Waals surface area contributed by atoms with E-state index in [0.717, 1.165) is 12.4 Å². The maximum absolute atomic E-state index is 5.41. The van der Waals surface area contributed by atoms with E-state index in [1.807, 2.05) is 0 Å². The summed E-state index contributed by atoms with van der Waals surface area (Å²) in [7, 11) is 1.61. The van der Waals surface area contributed by atoms with Crippen LogP contribution in [0.4, 0.5) is 11.6 Å². The topological polar surface area (TPSA) is 85.1 Å². The number of hydrazine groups is 1. The van der Waals surface area contributed by atoms with Crippen LogP contribution in [0.25, 0.3) is 0 Å². The van der Waals surface area contributed by atoms with Crippen molar-refractivity contribution >= 4 is 11.6 Å². The van der Waals surface area contributed by atoms with Gasteiger partial charge in [0.25, 0.3) is 0 Å². The van der Waals surface area contributed by atoms with Gasteiger partial charge in [0.2, 0.25) is 0 Å². The molecule has 4 N–H and O–H groups in total. The SMILES string of the molecule is COCc1nc(NN)cc(NCC(C)(C)C(C)C)n1. The number of aromatic nitrogens is 2. The lowest BCUT2D eigenvalue weighted by Gasteiger charge is -2.29. The molecule has 0 fully saturated rings. The van der Waals surface area contributed by atoms with Crippen molar-refractivity contribution in [2.45, 2.75) is 34.3 Å². The molecule has 6 heteroatoms. The molecule has 0 bridgehead atoms. The van der Waals surface area contributed by atoms with Crippen molar-refractivity contribution in [1.29, 1.82) is 0 Å². The number of nitrogen functional groups attached to an aromatic ring is 1. The number of ether oxygens (including phenoxy) is 1. The first-order valence-corrected chi connectivity index (χ1v) is 6.46. The molecule has 1 heterocycles. The van der Waals surface area contributed by atoms with Crippen LogP contribution in [0, 0.1) is 11.3 Å². The average molecular weight is 267 g/mol. The summed E-state index contributed by atoms with van der Waals surface area (Å²) in [4.78, 5) is 8.60. The predicted molar refractivity (Wildman–Crippen MR) is 77.7 cm³/mol. The second-order valence-corrected chi connectivity index (χ2v) is 5.63. The Hall–Kier alpha value is -1.40. The lowest BCUT2D eigenvalue weighted by atomic mass is 9.81. The fourth-order valence-electron chi connectivity index (χ4n) is 1.38. The molecule has 1 aromatic heterocycles. The zero-order chi connectivity index (χ0) is 14.5. The van der Waals surface area contributed by atoms with Gasteiger partial charge in [0.1, 0.15) is 18.2 Å². The van der Waals surface area contributed by atoms with Crippen LogP contribution in [0.1, 0.15) is 33.5 Å². The summed E-state index contributed by atoms with van der Waals surface area (Å²) in [5, 5.41) is 3.34. The van der Waals surface area contributed by atoms with Crippen LogP contribution in [0.2, 0.25) is 0 Å². The van der Waals surface area contributed by atoms with Gasteiger partial charge >= 0.3 is 0 Å². The van der Waals surface area contributed by atoms with E-state index in [9.17, 15) is 0 Å². The lowest BCUT2D eigenvalue weighted by Crippen LogP contribution is -2.29. The summed E-state index contributed by atoms with van der Waals surface area (Å²) in [6, 6.07) is 1.79. The zero-order valence-corrected chi connectivity index (χ0v) is 12.4. The van der Waals surface area contributed by atoms with Gasteiger partial charge in [0, 0.05) is 19.7 Å². The number of methoxy groups -OCH3 is 1. The summed E-state index contributed by atoms with van der Waals surface area (Å²) in [6.07, 6.45) is 0. The third-order valence-electron chi connectivity index (χ3n) is 3.48. The van der Waals surface area contributed by atoms with Crippen LogP contribution < -0.4 is 16.6 Å². The first-order chi connectivity index (χ1) is 8.89. The number of nitrogens with one attached hydrogen (secondary N) is 2. The minimum atomic E-state index is 0.183. The Bertz CT molecular complexity index is 406. The molecule has 0 radical (unpaired) electrons. The Kier molecular flexibility index (Phi) is 5.50. The number of rotatable bonds is 7. The second-order valence-electron chi connectivity index (χ2n) is 5.63. The molecule has 0 saturated carbocycles. The minimum absolute atomic E-state index is 0.183. The van der Waals surface area contributed by atoms with Crippen LogP contribution in [-0.4, -0.2) is 23.6 Å². The molecule has 0 aliphatic heterocycles. The van der Waals surface area contributed by atoms with Gasteiger partial charge in [-0.3, -0.25) is 0 Å². The zero-order valence-electron chi connectivity index (χ0n) is 12.4. The Morgan fingerprint density at radius 1 is 1.32 bits per heavy atom. The van der Waals surface area contributed by atoms with Gasteiger partial charge < -0.3 is 15.5 Å². The highest BCUT2D eigenvalue weighted by Crippen LogP contribution is 2.26. The van der Waals surface area contributed by atoms with Crippen molar-refractivity contribution in [3.05, 3.63) is 11.9 Å². The molecule has 0 atom stereocenters. The van der Waals surface area contributed by atoms with Crippen molar-refractivity contribution in [2.24, 2.45) is 17.2 Å². The molecular formula is C13H25N5O. The quantitative estimate of drug-likeness (QED) is 0.517. The van der Waals surface area contributed by atoms with E-state index in [4.69, 9.17) is 10.6 Å². The number of nitrogens with two attached hydrogens (primary N) is 1. The smallest absolute Gasteiger partial charge is 0.158 e.